The van der Waals surface area contributed by atoms with Gasteiger partial charge in [-0.3, -0.25) is 9.36 Å². The molecule has 156 valence electrons. The molecule has 4 rings (SSSR count). The minimum absolute atomic E-state index is 0.0835. The molecule has 1 spiro atoms. The zero-order valence-corrected chi connectivity index (χ0v) is 19.1. The third-order valence-corrected chi connectivity index (χ3v) is 8.05. The molecule has 6 heteroatoms. The molecule has 1 aliphatic carbocycles. The Labute approximate surface area is 182 Å². The molecule has 0 N–H and O–H groups in total. The number of anilines is 1. The molecule has 0 amide bonds. The smallest absolute Gasteiger partial charge is 0.263 e. The number of aromatic nitrogens is 2. The summed E-state index contributed by atoms with van der Waals surface area (Å²) in [6, 6.07) is 5.32. The normalized spacial score (nSPS) is 23.7. The summed E-state index contributed by atoms with van der Waals surface area (Å²) in [5.41, 5.74) is 1.63. The highest BCUT2D eigenvalue weighted by Gasteiger charge is 2.45. The van der Waals surface area contributed by atoms with Crippen LogP contribution in [-0.4, -0.2) is 22.6 Å². The number of benzene rings is 1. The lowest BCUT2D eigenvalue weighted by Gasteiger charge is -2.43. The first-order valence-electron chi connectivity index (χ1n) is 10.5. The van der Waals surface area contributed by atoms with Crippen molar-refractivity contribution < 1.29 is 0 Å². The molecule has 0 bridgehead atoms. The highest BCUT2D eigenvalue weighted by atomic mass is 35.5. The molecule has 4 nitrogen and oxygen atoms in total. The predicted molar refractivity (Wildman–Crippen MR) is 121 cm³/mol. The molecule has 1 saturated heterocycles. The Morgan fingerprint density at radius 2 is 1.83 bits per heavy atom. The van der Waals surface area contributed by atoms with Crippen LogP contribution < -0.4 is 10.5 Å². The predicted octanol–water partition coefficient (Wildman–Crippen LogP) is 5.81. The summed E-state index contributed by atoms with van der Waals surface area (Å²) in [4.78, 5) is 20.4. The monoisotopic (exact) mass is 433 g/mol. The highest BCUT2D eigenvalue weighted by Crippen LogP contribution is 2.52. The SMILES string of the molecule is Cc1c(N2CCC3(CC2)C[C@@H](C)C[C@H]3C)nc(C)n(-c2cccc(Cl)c2Cl)c1=O. The number of hydrogen-bond donors (Lipinski definition) is 0. The van der Waals surface area contributed by atoms with Gasteiger partial charge in [-0.25, -0.2) is 4.98 Å². The van der Waals surface area contributed by atoms with Crippen molar-refractivity contribution in [2.24, 2.45) is 17.3 Å². The zero-order valence-electron chi connectivity index (χ0n) is 17.6. The Morgan fingerprint density at radius 1 is 1.14 bits per heavy atom. The van der Waals surface area contributed by atoms with E-state index in [1.54, 1.807) is 22.8 Å². The first kappa shape index (κ1) is 20.7. The van der Waals surface area contributed by atoms with Crippen LogP contribution in [0.4, 0.5) is 5.82 Å². The van der Waals surface area contributed by atoms with E-state index in [4.69, 9.17) is 28.2 Å². The van der Waals surface area contributed by atoms with Gasteiger partial charge in [0.25, 0.3) is 5.56 Å². The van der Waals surface area contributed by atoms with Crippen LogP contribution in [0.25, 0.3) is 5.69 Å². The van der Waals surface area contributed by atoms with Gasteiger partial charge in [0.05, 0.1) is 21.3 Å². The van der Waals surface area contributed by atoms with Crippen molar-refractivity contribution in [2.45, 2.75) is 53.4 Å². The second kappa shape index (κ2) is 7.63. The van der Waals surface area contributed by atoms with Crippen LogP contribution in [0.2, 0.25) is 10.0 Å². The van der Waals surface area contributed by atoms with Gasteiger partial charge in [0, 0.05) is 13.1 Å². The molecule has 2 fully saturated rings. The van der Waals surface area contributed by atoms with E-state index in [0.29, 0.717) is 32.5 Å². The van der Waals surface area contributed by atoms with E-state index in [1.807, 2.05) is 13.8 Å². The molecule has 29 heavy (non-hydrogen) atoms. The van der Waals surface area contributed by atoms with Crippen LogP contribution in [-0.2, 0) is 0 Å². The summed E-state index contributed by atoms with van der Waals surface area (Å²) in [6.45, 7) is 10.4. The maximum absolute atomic E-state index is 13.3. The lowest BCUT2D eigenvalue weighted by Crippen LogP contribution is -2.43. The Bertz CT molecular complexity index is 992. The number of rotatable bonds is 2. The van der Waals surface area contributed by atoms with E-state index in [1.165, 1.54) is 25.7 Å². The lowest BCUT2D eigenvalue weighted by molar-refractivity contribution is 0.159. The van der Waals surface area contributed by atoms with E-state index in [0.717, 1.165) is 30.7 Å². The molecule has 2 atom stereocenters. The molecule has 1 aromatic heterocycles. The maximum Gasteiger partial charge on any atom is 0.263 e. The Balaban J connectivity index is 1.66. The quantitative estimate of drug-likeness (QED) is 0.599. The summed E-state index contributed by atoms with van der Waals surface area (Å²) in [7, 11) is 0. The van der Waals surface area contributed by atoms with E-state index >= 15 is 0 Å². The number of piperidine rings is 1. The van der Waals surface area contributed by atoms with E-state index in [9.17, 15) is 4.79 Å². The number of hydrogen-bond acceptors (Lipinski definition) is 3. The largest absolute Gasteiger partial charge is 0.356 e. The second-order valence-electron chi connectivity index (χ2n) is 9.12. The average Bonchev–Trinajstić information content (AvgIpc) is 2.95. The van der Waals surface area contributed by atoms with Gasteiger partial charge in [-0.05, 0) is 68.9 Å². The topological polar surface area (TPSA) is 38.1 Å². The van der Waals surface area contributed by atoms with Crippen LogP contribution in [0, 0.1) is 31.1 Å². The standard InChI is InChI=1S/C23H29Cl2N3O/c1-14-12-15(2)23(13-14)8-10-27(11-9-23)21-16(3)22(29)28(17(4)26-21)19-7-5-6-18(24)20(19)25/h5-7,14-15H,8-13H2,1-4H3/t14-,15+/m0/s1. The van der Waals surface area contributed by atoms with Gasteiger partial charge >= 0.3 is 0 Å². The van der Waals surface area contributed by atoms with Gasteiger partial charge < -0.3 is 4.90 Å². The summed E-state index contributed by atoms with van der Waals surface area (Å²) in [5, 5.41) is 0.802. The van der Waals surface area contributed by atoms with Crippen molar-refractivity contribution in [3.05, 3.63) is 50.0 Å². The molecule has 0 radical (unpaired) electrons. The minimum Gasteiger partial charge on any atom is -0.356 e. The van der Waals surface area contributed by atoms with Crippen molar-refractivity contribution in [3.63, 3.8) is 0 Å². The van der Waals surface area contributed by atoms with Gasteiger partial charge in [-0.15, -0.1) is 0 Å². The van der Waals surface area contributed by atoms with Crippen molar-refractivity contribution in [3.8, 4) is 5.69 Å². The molecule has 1 aromatic carbocycles. The Kier molecular flexibility index (Phi) is 5.45. The molecule has 1 aliphatic heterocycles. The van der Waals surface area contributed by atoms with Gasteiger partial charge in [0.2, 0.25) is 0 Å². The fraction of sp³-hybridized carbons (Fsp3) is 0.565. The summed E-state index contributed by atoms with van der Waals surface area (Å²) in [6.07, 6.45) is 5.04. The zero-order chi connectivity index (χ0) is 20.9. The number of nitrogens with zero attached hydrogens (tertiary/aromatic N) is 3. The molecular formula is C23H29Cl2N3O. The highest BCUT2D eigenvalue weighted by molar-refractivity contribution is 6.43. The fourth-order valence-electron chi connectivity index (χ4n) is 5.65. The van der Waals surface area contributed by atoms with Crippen LogP contribution in [0.5, 0.6) is 0 Å². The fourth-order valence-corrected chi connectivity index (χ4v) is 6.03. The Morgan fingerprint density at radius 3 is 2.45 bits per heavy atom. The van der Waals surface area contributed by atoms with Gasteiger partial charge in [-0.2, -0.15) is 0 Å². The van der Waals surface area contributed by atoms with E-state index in [-0.39, 0.29) is 5.56 Å². The maximum atomic E-state index is 13.3. The molecule has 1 saturated carbocycles. The summed E-state index contributed by atoms with van der Waals surface area (Å²) in [5.74, 6) is 3.05. The second-order valence-corrected chi connectivity index (χ2v) is 9.90. The van der Waals surface area contributed by atoms with Crippen molar-refractivity contribution in [2.75, 3.05) is 18.0 Å². The number of halogens is 2. The van der Waals surface area contributed by atoms with Gasteiger partial charge in [-0.1, -0.05) is 43.1 Å². The molecule has 2 aromatic rings. The third kappa shape index (κ3) is 3.48. The summed E-state index contributed by atoms with van der Waals surface area (Å²) >= 11 is 12.5. The summed E-state index contributed by atoms with van der Waals surface area (Å²) < 4.78 is 1.57. The van der Waals surface area contributed by atoms with Gasteiger partial charge in [0.1, 0.15) is 11.6 Å². The number of aryl methyl sites for hydroxylation is 1. The van der Waals surface area contributed by atoms with Crippen LogP contribution >= 0.6 is 23.2 Å². The van der Waals surface area contributed by atoms with Crippen LogP contribution in [0.3, 0.4) is 0 Å². The molecular weight excluding hydrogens is 405 g/mol. The first-order chi connectivity index (χ1) is 13.7. The van der Waals surface area contributed by atoms with Crippen molar-refractivity contribution in [1.82, 2.24) is 9.55 Å². The first-order valence-corrected chi connectivity index (χ1v) is 11.3. The molecule has 0 unspecified atom stereocenters. The van der Waals surface area contributed by atoms with E-state index < -0.39 is 0 Å². The van der Waals surface area contributed by atoms with Crippen LogP contribution in [0.15, 0.2) is 23.0 Å². The Hall–Kier alpha value is -1.52. The van der Waals surface area contributed by atoms with Gasteiger partial charge in [0.15, 0.2) is 0 Å². The lowest BCUT2D eigenvalue weighted by atomic mass is 9.71. The minimum atomic E-state index is -0.0835. The van der Waals surface area contributed by atoms with E-state index in [2.05, 4.69) is 18.7 Å². The van der Waals surface area contributed by atoms with Crippen LogP contribution in [0.1, 0.15) is 50.9 Å². The molecule has 2 aliphatic rings. The van der Waals surface area contributed by atoms with Crippen molar-refractivity contribution >= 4 is 29.0 Å². The molecule has 2 heterocycles. The third-order valence-electron chi connectivity index (χ3n) is 7.24. The average molecular weight is 434 g/mol. The van der Waals surface area contributed by atoms with Crippen molar-refractivity contribution in [1.29, 1.82) is 0 Å².